The SMILES string of the molecule is CCC[Si]OCCCOCc1cccc2ccccc12. The van der Waals surface area contributed by atoms with Crippen LogP contribution in [-0.2, 0) is 15.8 Å². The van der Waals surface area contributed by atoms with E-state index < -0.39 is 0 Å². The van der Waals surface area contributed by atoms with Crippen molar-refractivity contribution in [3.63, 3.8) is 0 Å². The number of hydrogen-bond acceptors (Lipinski definition) is 2. The summed E-state index contributed by atoms with van der Waals surface area (Å²) in [5.74, 6) is 0. The lowest BCUT2D eigenvalue weighted by atomic mass is 10.1. The Morgan fingerprint density at radius 3 is 2.75 bits per heavy atom. The van der Waals surface area contributed by atoms with Gasteiger partial charge in [0.2, 0.25) is 9.76 Å². The maximum atomic E-state index is 5.76. The molecule has 2 aromatic rings. The molecule has 2 aromatic carbocycles. The average Bonchev–Trinajstić information content (AvgIpc) is 2.50. The van der Waals surface area contributed by atoms with E-state index in [1.54, 1.807) is 0 Å². The van der Waals surface area contributed by atoms with Crippen molar-refractivity contribution in [1.82, 2.24) is 0 Å². The van der Waals surface area contributed by atoms with Gasteiger partial charge >= 0.3 is 0 Å². The van der Waals surface area contributed by atoms with Gasteiger partial charge in [-0.15, -0.1) is 0 Å². The van der Waals surface area contributed by atoms with Crippen molar-refractivity contribution < 1.29 is 9.16 Å². The summed E-state index contributed by atoms with van der Waals surface area (Å²) >= 11 is 0. The number of rotatable bonds is 9. The first-order chi connectivity index (χ1) is 9.92. The van der Waals surface area contributed by atoms with Crippen LogP contribution < -0.4 is 0 Å². The molecule has 3 heteroatoms. The summed E-state index contributed by atoms with van der Waals surface area (Å²) in [7, 11) is 0.648. The molecule has 0 aliphatic heterocycles. The fourth-order valence-electron chi connectivity index (χ4n) is 2.08. The van der Waals surface area contributed by atoms with Crippen molar-refractivity contribution in [2.45, 2.75) is 32.4 Å². The van der Waals surface area contributed by atoms with E-state index in [9.17, 15) is 0 Å². The molecule has 0 spiro atoms. The minimum atomic E-state index is 0.648. The first kappa shape index (κ1) is 15.2. The van der Waals surface area contributed by atoms with E-state index in [1.165, 1.54) is 28.8 Å². The van der Waals surface area contributed by atoms with E-state index in [-0.39, 0.29) is 0 Å². The topological polar surface area (TPSA) is 18.5 Å². The van der Waals surface area contributed by atoms with Gasteiger partial charge in [-0.25, -0.2) is 0 Å². The summed E-state index contributed by atoms with van der Waals surface area (Å²) in [6.07, 6.45) is 2.18. The molecule has 0 fully saturated rings. The number of benzene rings is 2. The van der Waals surface area contributed by atoms with Gasteiger partial charge in [0.1, 0.15) is 0 Å². The van der Waals surface area contributed by atoms with E-state index in [1.807, 2.05) is 0 Å². The minimum Gasteiger partial charge on any atom is -0.417 e. The maximum Gasteiger partial charge on any atom is 0.229 e. The molecule has 0 aromatic heterocycles. The molecule has 0 aliphatic carbocycles. The van der Waals surface area contributed by atoms with Gasteiger partial charge in [0.05, 0.1) is 6.61 Å². The molecule has 0 amide bonds. The van der Waals surface area contributed by atoms with Crippen molar-refractivity contribution in [3.05, 3.63) is 48.0 Å². The first-order valence-electron chi connectivity index (χ1n) is 7.31. The molecule has 0 aliphatic rings. The Kier molecular flexibility index (Phi) is 6.78. The second-order valence-corrected chi connectivity index (χ2v) is 5.86. The fourth-order valence-corrected chi connectivity index (χ4v) is 2.72. The van der Waals surface area contributed by atoms with E-state index >= 15 is 0 Å². The molecule has 20 heavy (non-hydrogen) atoms. The molecular weight excluding hydrogens is 264 g/mol. The van der Waals surface area contributed by atoms with Crippen molar-refractivity contribution in [1.29, 1.82) is 0 Å². The Balaban J connectivity index is 1.71. The monoisotopic (exact) mass is 286 g/mol. The van der Waals surface area contributed by atoms with Crippen LogP contribution >= 0.6 is 0 Å². The van der Waals surface area contributed by atoms with Gasteiger partial charge in [-0.3, -0.25) is 0 Å². The summed E-state index contributed by atoms with van der Waals surface area (Å²) < 4.78 is 11.3. The zero-order valence-electron chi connectivity index (χ0n) is 12.1. The zero-order chi connectivity index (χ0) is 14.0. The van der Waals surface area contributed by atoms with Crippen molar-refractivity contribution in [2.24, 2.45) is 0 Å². The van der Waals surface area contributed by atoms with Crippen LogP contribution in [0.3, 0.4) is 0 Å². The Morgan fingerprint density at radius 2 is 1.85 bits per heavy atom. The van der Waals surface area contributed by atoms with Crippen LogP contribution in [0.25, 0.3) is 10.8 Å². The molecular formula is C17H22O2Si. The van der Waals surface area contributed by atoms with Crippen LogP contribution in [0.2, 0.25) is 6.04 Å². The van der Waals surface area contributed by atoms with Crippen LogP contribution in [0.15, 0.2) is 42.5 Å². The molecule has 2 nitrogen and oxygen atoms in total. The molecule has 0 atom stereocenters. The van der Waals surface area contributed by atoms with Gasteiger partial charge in [-0.1, -0.05) is 55.8 Å². The van der Waals surface area contributed by atoms with E-state index in [0.717, 1.165) is 19.6 Å². The Labute approximate surface area is 124 Å². The predicted molar refractivity (Wildman–Crippen MR) is 85.0 cm³/mol. The number of hydrogen-bond donors (Lipinski definition) is 0. The van der Waals surface area contributed by atoms with E-state index in [0.29, 0.717) is 16.4 Å². The summed E-state index contributed by atoms with van der Waals surface area (Å²) in [6.45, 7) is 4.44. The fraction of sp³-hybridized carbons (Fsp3) is 0.412. The largest absolute Gasteiger partial charge is 0.417 e. The quantitative estimate of drug-likeness (QED) is 0.508. The third kappa shape index (κ3) is 4.74. The van der Waals surface area contributed by atoms with Crippen LogP contribution in [0.5, 0.6) is 0 Å². The third-order valence-corrected chi connectivity index (χ3v) is 4.24. The second-order valence-electron chi connectivity index (χ2n) is 4.79. The van der Waals surface area contributed by atoms with Gasteiger partial charge < -0.3 is 9.16 Å². The molecule has 0 heterocycles. The standard InChI is InChI=1S/C17H22O2Si/c1-2-13-20-19-12-6-11-18-14-16-9-5-8-15-7-3-4-10-17(15)16/h3-5,7-10H,2,6,11-14H2,1H3. The van der Waals surface area contributed by atoms with E-state index in [4.69, 9.17) is 9.16 Å². The highest BCUT2D eigenvalue weighted by molar-refractivity contribution is 6.26. The smallest absolute Gasteiger partial charge is 0.229 e. The van der Waals surface area contributed by atoms with Crippen molar-refractivity contribution in [2.75, 3.05) is 13.2 Å². The predicted octanol–water partition coefficient (Wildman–Crippen LogP) is 4.21. The molecule has 0 saturated heterocycles. The van der Waals surface area contributed by atoms with Gasteiger partial charge in [-0.05, 0) is 28.8 Å². The molecule has 0 N–H and O–H groups in total. The third-order valence-electron chi connectivity index (χ3n) is 3.13. The molecule has 2 radical (unpaired) electrons. The molecule has 106 valence electrons. The van der Waals surface area contributed by atoms with Gasteiger partial charge in [-0.2, -0.15) is 0 Å². The van der Waals surface area contributed by atoms with Gasteiger partial charge in [0, 0.05) is 13.2 Å². The lowest BCUT2D eigenvalue weighted by molar-refractivity contribution is 0.108. The van der Waals surface area contributed by atoms with Crippen LogP contribution in [0.1, 0.15) is 25.3 Å². The summed E-state index contributed by atoms with van der Waals surface area (Å²) in [6, 6.07) is 16.0. The molecule has 0 unspecified atom stereocenters. The first-order valence-corrected chi connectivity index (χ1v) is 8.42. The van der Waals surface area contributed by atoms with Gasteiger partial charge in [0.15, 0.2) is 0 Å². The Hall–Kier alpha value is -1.16. The van der Waals surface area contributed by atoms with Crippen molar-refractivity contribution in [3.8, 4) is 0 Å². The Bertz CT molecular complexity index is 508. The van der Waals surface area contributed by atoms with E-state index in [2.05, 4.69) is 49.4 Å². The lowest BCUT2D eigenvalue weighted by Crippen LogP contribution is -2.04. The maximum absolute atomic E-state index is 5.76. The molecule has 0 bridgehead atoms. The van der Waals surface area contributed by atoms with Gasteiger partial charge in [0.25, 0.3) is 0 Å². The second kappa shape index (κ2) is 8.90. The van der Waals surface area contributed by atoms with Crippen LogP contribution in [0.4, 0.5) is 0 Å². The molecule has 0 saturated carbocycles. The summed E-state index contributed by atoms with van der Waals surface area (Å²) in [5.41, 5.74) is 1.26. The minimum absolute atomic E-state index is 0.648. The lowest BCUT2D eigenvalue weighted by Gasteiger charge is -2.08. The Morgan fingerprint density at radius 1 is 1.00 bits per heavy atom. The highest BCUT2D eigenvalue weighted by atomic mass is 28.2. The highest BCUT2D eigenvalue weighted by Crippen LogP contribution is 2.19. The average molecular weight is 286 g/mol. The summed E-state index contributed by atoms with van der Waals surface area (Å²) in [5, 5.41) is 2.56. The zero-order valence-corrected chi connectivity index (χ0v) is 13.1. The molecule has 2 rings (SSSR count). The highest BCUT2D eigenvalue weighted by Gasteiger charge is 2.00. The van der Waals surface area contributed by atoms with Crippen LogP contribution in [-0.4, -0.2) is 23.0 Å². The van der Waals surface area contributed by atoms with Crippen molar-refractivity contribution >= 4 is 20.5 Å². The van der Waals surface area contributed by atoms with Crippen LogP contribution in [0, 0.1) is 0 Å². The number of ether oxygens (including phenoxy) is 1. The normalized spacial score (nSPS) is 11.1. The summed E-state index contributed by atoms with van der Waals surface area (Å²) in [4.78, 5) is 0. The number of fused-ring (bicyclic) bond motifs is 1.